The van der Waals surface area contributed by atoms with Crippen molar-refractivity contribution in [2.45, 2.75) is 18.7 Å². The number of para-hydroxylation sites is 1. The third-order valence-corrected chi connectivity index (χ3v) is 4.48. The first-order valence-corrected chi connectivity index (χ1v) is 7.04. The Bertz CT molecular complexity index is 606. The number of hydrogen-bond acceptors (Lipinski definition) is 4. The maximum absolute atomic E-state index is 12.2. The Labute approximate surface area is 106 Å². The minimum absolute atomic E-state index is 0.135. The van der Waals surface area contributed by atoms with Crippen molar-refractivity contribution in [1.29, 1.82) is 0 Å². The lowest BCUT2D eigenvalue weighted by Gasteiger charge is -2.23. The molecule has 0 fully saturated rings. The number of nitrogens with zero attached hydrogens (tertiary/aromatic N) is 2. The van der Waals surface area contributed by atoms with Gasteiger partial charge >= 0.3 is 0 Å². The summed E-state index contributed by atoms with van der Waals surface area (Å²) < 4.78 is 25.5. The van der Waals surface area contributed by atoms with Crippen LogP contribution in [0.15, 0.2) is 34.2 Å². The van der Waals surface area contributed by atoms with E-state index in [9.17, 15) is 13.2 Å². The first-order chi connectivity index (χ1) is 8.43. The Morgan fingerprint density at radius 1 is 1.33 bits per heavy atom. The molecule has 0 saturated heterocycles. The molecule has 5 nitrogen and oxygen atoms in total. The summed E-state index contributed by atoms with van der Waals surface area (Å²) in [6.45, 7) is 3.31. The Morgan fingerprint density at radius 3 is 2.67 bits per heavy atom. The first kappa shape index (κ1) is 12.8. The monoisotopic (exact) mass is 266 g/mol. The van der Waals surface area contributed by atoms with Crippen molar-refractivity contribution in [1.82, 2.24) is 4.31 Å². The highest BCUT2D eigenvalue weighted by atomic mass is 32.2. The van der Waals surface area contributed by atoms with Gasteiger partial charge in [0, 0.05) is 5.92 Å². The summed E-state index contributed by atoms with van der Waals surface area (Å²) in [5.41, 5.74) is 0.408. The second kappa shape index (κ2) is 4.53. The summed E-state index contributed by atoms with van der Waals surface area (Å²) in [5, 5.41) is 0. The Morgan fingerprint density at radius 2 is 2.00 bits per heavy atom. The fourth-order valence-corrected chi connectivity index (χ4v) is 2.92. The molecule has 0 unspecified atom stereocenters. The molecule has 0 amide bonds. The molecule has 2 rings (SSSR count). The standard InChI is InChI=1S/C12H14N2O3S/c1-9(2)11(15)7-14-8-13-10-5-3-4-6-12(10)18(14,16)17/h3-6,8-9H,7H2,1-2H3. The molecule has 0 bridgehead atoms. The molecule has 1 aromatic carbocycles. The lowest BCUT2D eigenvalue weighted by Crippen LogP contribution is -2.37. The van der Waals surface area contributed by atoms with Gasteiger partial charge in [0.15, 0.2) is 5.78 Å². The summed E-state index contributed by atoms with van der Waals surface area (Å²) >= 11 is 0. The normalized spacial score (nSPS) is 16.7. The summed E-state index contributed by atoms with van der Waals surface area (Å²) in [6, 6.07) is 6.49. The highest BCUT2D eigenvalue weighted by molar-refractivity contribution is 7.89. The van der Waals surface area contributed by atoms with Crippen molar-refractivity contribution >= 4 is 27.8 Å². The summed E-state index contributed by atoms with van der Waals surface area (Å²) in [5.74, 6) is -0.338. The van der Waals surface area contributed by atoms with Crippen LogP contribution in [0.3, 0.4) is 0 Å². The fourth-order valence-electron chi connectivity index (χ4n) is 1.56. The highest BCUT2D eigenvalue weighted by Gasteiger charge is 2.30. The van der Waals surface area contributed by atoms with E-state index in [1.54, 1.807) is 32.0 Å². The summed E-state index contributed by atoms with van der Waals surface area (Å²) in [4.78, 5) is 15.8. The van der Waals surface area contributed by atoms with Crippen LogP contribution in [0.25, 0.3) is 0 Å². The third kappa shape index (κ3) is 2.15. The first-order valence-electron chi connectivity index (χ1n) is 5.60. The van der Waals surface area contributed by atoms with Crippen LogP contribution in [0.2, 0.25) is 0 Å². The van der Waals surface area contributed by atoms with Crippen LogP contribution < -0.4 is 0 Å². The second-order valence-corrected chi connectivity index (χ2v) is 6.24. The van der Waals surface area contributed by atoms with Crippen molar-refractivity contribution in [3.8, 4) is 0 Å². The number of fused-ring (bicyclic) bond motifs is 1. The van der Waals surface area contributed by atoms with Crippen LogP contribution in [0.1, 0.15) is 13.8 Å². The topological polar surface area (TPSA) is 66.8 Å². The average Bonchev–Trinajstić information content (AvgIpc) is 2.33. The summed E-state index contributed by atoms with van der Waals surface area (Å²) in [7, 11) is -3.65. The van der Waals surface area contributed by atoms with E-state index >= 15 is 0 Å². The van der Waals surface area contributed by atoms with E-state index in [1.807, 2.05) is 0 Å². The van der Waals surface area contributed by atoms with Crippen LogP contribution in [-0.4, -0.2) is 31.4 Å². The van der Waals surface area contributed by atoms with Gasteiger partial charge < -0.3 is 0 Å². The minimum Gasteiger partial charge on any atom is -0.297 e. The number of sulfonamides is 1. The van der Waals surface area contributed by atoms with Gasteiger partial charge in [0.2, 0.25) is 0 Å². The van der Waals surface area contributed by atoms with E-state index in [0.29, 0.717) is 5.69 Å². The molecular formula is C12H14N2O3S. The van der Waals surface area contributed by atoms with E-state index in [2.05, 4.69) is 4.99 Å². The number of aliphatic imine (C=N–C) groups is 1. The number of carbonyl (C=O) groups is 1. The molecule has 1 aromatic rings. The SMILES string of the molecule is CC(C)C(=O)CN1C=Nc2ccccc2S1(=O)=O. The van der Waals surface area contributed by atoms with Crippen LogP contribution in [0.5, 0.6) is 0 Å². The van der Waals surface area contributed by atoms with Gasteiger partial charge in [-0.2, -0.15) is 0 Å². The molecule has 0 N–H and O–H groups in total. The smallest absolute Gasteiger partial charge is 0.267 e. The third-order valence-electron chi connectivity index (χ3n) is 2.73. The second-order valence-electron chi connectivity index (χ2n) is 4.38. The molecule has 96 valence electrons. The van der Waals surface area contributed by atoms with Crippen LogP contribution in [-0.2, 0) is 14.8 Å². The lowest BCUT2D eigenvalue weighted by molar-refractivity contribution is -0.121. The van der Waals surface area contributed by atoms with Gasteiger partial charge in [-0.1, -0.05) is 26.0 Å². The van der Waals surface area contributed by atoms with E-state index in [1.165, 1.54) is 12.4 Å². The largest absolute Gasteiger partial charge is 0.297 e. The zero-order chi connectivity index (χ0) is 13.3. The van der Waals surface area contributed by atoms with Crippen molar-refractivity contribution in [3.63, 3.8) is 0 Å². The van der Waals surface area contributed by atoms with E-state index in [4.69, 9.17) is 0 Å². The Kier molecular flexibility index (Phi) is 3.21. The van der Waals surface area contributed by atoms with E-state index in [0.717, 1.165) is 4.31 Å². The maximum atomic E-state index is 12.2. The molecule has 0 saturated carbocycles. The zero-order valence-corrected chi connectivity index (χ0v) is 11.0. The van der Waals surface area contributed by atoms with Gasteiger partial charge in [-0.05, 0) is 12.1 Å². The Balaban J connectivity index is 2.36. The van der Waals surface area contributed by atoms with Gasteiger partial charge in [-0.25, -0.2) is 17.7 Å². The van der Waals surface area contributed by atoms with E-state index < -0.39 is 10.0 Å². The van der Waals surface area contributed by atoms with Crippen molar-refractivity contribution < 1.29 is 13.2 Å². The van der Waals surface area contributed by atoms with E-state index in [-0.39, 0.29) is 23.1 Å². The predicted molar refractivity (Wildman–Crippen MR) is 68.3 cm³/mol. The van der Waals surface area contributed by atoms with Crippen LogP contribution in [0, 0.1) is 5.92 Å². The number of Topliss-reactive ketones (excluding diaryl/α,β-unsaturated/α-hetero) is 1. The molecule has 18 heavy (non-hydrogen) atoms. The van der Waals surface area contributed by atoms with Crippen molar-refractivity contribution in [2.75, 3.05) is 6.54 Å². The molecule has 0 radical (unpaired) electrons. The number of rotatable bonds is 3. The number of hydrogen-bond donors (Lipinski definition) is 0. The molecule has 0 atom stereocenters. The predicted octanol–water partition coefficient (Wildman–Crippen LogP) is 1.58. The lowest BCUT2D eigenvalue weighted by atomic mass is 10.1. The van der Waals surface area contributed by atoms with Gasteiger partial charge in [0.25, 0.3) is 10.0 Å². The Hall–Kier alpha value is -1.69. The molecule has 1 heterocycles. The van der Waals surface area contributed by atoms with Gasteiger partial charge in [0.05, 0.1) is 12.2 Å². The summed E-state index contributed by atoms with van der Waals surface area (Å²) in [6.07, 6.45) is 1.21. The molecular weight excluding hydrogens is 252 g/mol. The fraction of sp³-hybridized carbons (Fsp3) is 0.333. The molecule has 0 aliphatic carbocycles. The number of benzene rings is 1. The molecule has 1 aliphatic rings. The highest BCUT2D eigenvalue weighted by Crippen LogP contribution is 2.29. The van der Waals surface area contributed by atoms with Crippen molar-refractivity contribution in [2.24, 2.45) is 10.9 Å². The quantitative estimate of drug-likeness (QED) is 0.834. The number of ketones is 1. The molecule has 0 aromatic heterocycles. The molecule has 1 aliphatic heterocycles. The van der Waals surface area contributed by atoms with Crippen molar-refractivity contribution in [3.05, 3.63) is 24.3 Å². The van der Waals surface area contributed by atoms with Gasteiger partial charge in [0.1, 0.15) is 11.2 Å². The minimum atomic E-state index is -3.65. The zero-order valence-electron chi connectivity index (χ0n) is 10.2. The molecule has 6 heteroatoms. The van der Waals surface area contributed by atoms with Gasteiger partial charge in [-0.15, -0.1) is 0 Å². The molecule has 0 spiro atoms. The average molecular weight is 266 g/mol. The number of carbonyl (C=O) groups excluding carboxylic acids is 1. The maximum Gasteiger partial charge on any atom is 0.267 e. The van der Waals surface area contributed by atoms with Crippen LogP contribution in [0.4, 0.5) is 5.69 Å². The van der Waals surface area contributed by atoms with Gasteiger partial charge in [-0.3, -0.25) is 4.79 Å². The van der Waals surface area contributed by atoms with Crippen LogP contribution >= 0.6 is 0 Å².